The van der Waals surface area contributed by atoms with Crippen LogP contribution in [0.1, 0.15) is 21.5 Å². The summed E-state index contributed by atoms with van der Waals surface area (Å²) < 4.78 is 10.3. The molecule has 37 heavy (non-hydrogen) atoms. The number of nitrogens with zero attached hydrogens (tertiary/aromatic N) is 2. The molecule has 0 spiro atoms. The Morgan fingerprint density at radius 3 is 2.49 bits per heavy atom. The summed E-state index contributed by atoms with van der Waals surface area (Å²) in [5.74, 6) is -0.349. The maximum Gasteiger partial charge on any atom is 0.337 e. The Labute approximate surface area is 219 Å². The highest BCUT2D eigenvalue weighted by Crippen LogP contribution is 2.33. The Balaban J connectivity index is 1.38. The van der Waals surface area contributed by atoms with E-state index in [2.05, 4.69) is 10.3 Å². The number of likely N-dealkylation sites (N-methyl/N-ethyl adjacent to an activating group) is 1. The third-order valence-corrected chi connectivity index (χ3v) is 6.44. The van der Waals surface area contributed by atoms with Crippen molar-refractivity contribution in [2.24, 2.45) is 4.99 Å². The molecule has 1 heterocycles. The van der Waals surface area contributed by atoms with Gasteiger partial charge in [0, 0.05) is 12.7 Å². The highest BCUT2D eigenvalue weighted by molar-refractivity contribution is 8.18. The molecule has 188 valence electrons. The van der Waals surface area contributed by atoms with Gasteiger partial charge in [-0.1, -0.05) is 35.9 Å². The number of methoxy groups -OCH3 is 1. The number of amidine groups is 1. The summed E-state index contributed by atoms with van der Waals surface area (Å²) in [5, 5.41) is 3.29. The molecule has 0 aromatic heterocycles. The second kappa shape index (κ2) is 11.6. The molecule has 0 unspecified atom stereocenters. The molecule has 1 N–H and O–H groups in total. The summed E-state index contributed by atoms with van der Waals surface area (Å²) in [6, 6.07) is 21.3. The summed E-state index contributed by atoms with van der Waals surface area (Å²) in [7, 11) is 2.97. The van der Waals surface area contributed by atoms with Gasteiger partial charge in [-0.25, -0.2) is 9.79 Å². The topological polar surface area (TPSA) is 97.3 Å². The second-order valence-electron chi connectivity index (χ2n) is 8.18. The van der Waals surface area contributed by atoms with Crippen LogP contribution in [0.2, 0.25) is 0 Å². The van der Waals surface area contributed by atoms with E-state index in [9.17, 15) is 14.4 Å². The first kappa shape index (κ1) is 25.7. The number of carbonyl (C=O) groups excluding carboxylic acids is 3. The van der Waals surface area contributed by atoms with Gasteiger partial charge in [0.15, 0.2) is 11.8 Å². The molecule has 0 aliphatic carbocycles. The van der Waals surface area contributed by atoms with Gasteiger partial charge < -0.3 is 14.8 Å². The molecule has 0 bridgehead atoms. The smallest absolute Gasteiger partial charge is 0.337 e. The first-order valence-corrected chi connectivity index (χ1v) is 12.2. The number of thioether (sulfide) groups is 1. The summed E-state index contributed by atoms with van der Waals surface area (Å²) in [6.07, 6.45) is 1.77. The lowest BCUT2D eigenvalue weighted by Crippen LogP contribution is -2.23. The fourth-order valence-electron chi connectivity index (χ4n) is 3.38. The van der Waals surface area contributed by atoms with E-state index in [1.54, 1.807) is 49.5 Å². The van der Waals surface area contributed by atoms with Crippen LogP contribution in [0.3, 0.4) is 0 Å². The standard InChI is InChI=1S/C28H25N3O5S/c1-18-7-11-21(12-8-18)29-25(32)17-36-23-13-9-19(10-14-23)15-24-26(33)31(2)28(37-24)30-22-6-4-5-20(16-22)27(34)35-3/h4-16H,17H2,1-3H3,(H,29,32). The zero-order valence-corrected chi connectivity index (χ0v) is 21.4. The molecule has 4 rings (SSSR count). The summed E-state index contributed by atoms with van der Waals surface area (Å²) in [6.45, 7) is 1.86. The van der Waals surface area contributed by atoms with Crippen molar-refractivity contribution in [2.45, 2.75) is 6.92 Å². The van der Waals surface area contributed by atoms with Gasteiger partial charge in [-0.15, -0.1) is 0 Å². The number of esters is 1. The van der Waals surface area contributed by atoms with E-state index in [0.717, 1.165) is 11.1 Å². The maximum absolute atomic E-state index is 12.8. The molecule has 1 saturated heterocycles. The number of hydrogen-bond acceptors (Lipinski definition) is 7. The number of nitrogens with one attached hydrogen (secondary N) is 1. The summed E-state index contributed by atoms with van der Waals surface area (Å²) >= 11 is 1.24. The van der Waals surface area contributed by atoms with Crippen LogP contribution < -0.4 is 10.1 Å². The van der Waals surface area contributed by atoms with E-state index in [1.165, 1.54) is 23.8 Å². The first-order valence-electron chi connectivity index (χ1n) is 11.4. The van der Waals surface area contributed by atoms with Crippen LogP contribution >= 0.6 is 11.8 Å². The van der Waals surface area contributed by atoms with Crippen molar-refractivity contribution < 1.29 is 23.9 Å². The molecule has 3 aromatic carbocycles. The molecule has 0 saturated carbocycles. The first-order chi connectivity index (χ1) is 17.8. The zero-order chi connectivity index (χ0) is 26.4. The predicted octanol–water partition coefficient (Wildman–Crippen LogP) is 5.03. The number of amides is 2. The van der Waals surface area contributed by atoms with Crippen LogP contribution in [-0.4, -0.2) is 48.6 Å². The van der Waals surface area contributed by atoms with Crippen LogP contribution in [0, 0.1) is 6.92 Å². The lowest BCUT2D eigenvalue weighted by Gasteiger charge is -2.08. The molecule has 1 aliphatic rings. The molecule has 3 aromatic rings. The average Bonchev–Trinajstić information content (AvgIpc) is 3.16. The number of carbonyl (C=O) groups is 3. The SMILES string of the molecule is COC(=O)c1cccc(N=C2SC(=Cc3ccc(OCC(=O)Nc4ccc(C)cc4)cc3)C(=O)N2C)c1. The van der Waals surface area contributed by atoms with Crippen LogP contribution in [0.25, 0.3) is 6.08 Å². The van der Waals surface area contributed by atoms with Gasteiger partial charge in [0.05, 0.1) is 23.3 Å². The quantitative estimate of drug-likeness (QED) is 0.350. The van der Waals surface area contributed by atoms with Crippen molar-refractivity contribution in [3.63, 3.8) is 0 Å². The van der Waals surface area contributed by atoms with E-state index in [0.29, 0.717) is 32.8 Å². The molecule has 8 nitrogen and oxygen atoms in total. The summed E-state index contributed by atoms with van der Waals surface area (Å²) in [5.41, 5.74) is 3.55. The molecule has 9 heteroatoms. The number of rotatable bonds is 7. The molecular weight excluding hydrogens is 490 g/mol. The Kier molecular flexibility index (Phi) is 8.05. The van der Waals surface area contributed by atoms with Gasteiger partial charge in [0.25, 0.3) is 11.8 Å². The van der Waals surface area contributed by atoms with Crippen LogP contribution in [-0.2, 0) is 14.3 Å². The van der Waals surface area contributed by atoms with Gasteiger partial charge >= 0.3 is 5.97 Å². The van der Waals surface area contributed by atoms with Crippen LogP contribution in [0.15, 0.2) is 82.7 Å². The normalized spacial score (nSPS) is 15.2. The highest BCUT2D eigenvalue weighted by Gasteiger charge is 2.30. The Bertz CT molecular complexity index is 1380. The van der Waals surface area contributed by atoms with Crippen molar-refractivity contribution in [2.75, 3.05) is 26.1 Å². The lowest BCUT2D eigenvalue weighted by molar-refractivity contribution is -0.121. The maximum atomic E-state index is 12.8. The summed E-state index contributed by atoms with van der Waals surface area (Å²) in [4.78, 5) is 43.2. The Morgan fingerprint density at radius 2 is 1.78 bits per heavy atom. The Hall–Kier alpha value is -4.37. The molecule has 1 fully saturated rings. The van der Waals surface area contributed by atoms with E-state index >= 15 is 0 Å². The minimum atomic E-state index is -0.453. The fraction of sp³-hybridized carbons (Fsp3) is 0.143. The molecular formula is C28H25N3O5S. The number of benzene rings is 3. The van der Waals surface area contributed by atoms with Gasteiger partial charge in [-0.3, -0.25) is 14.5 Å². The molecule has 1 aliphatic heterocycles. The Morgan fingerprint density at radius 1 is 1.05 bits per heavy atom. The van der Waals surface area contributed by atoms with Gasteiger partial charge in [-0.05, 0) is 72.8 Å². The van der Waals surface area contributed by atoms with Crippen molar-refractivity contribution in [3.05, 3.63) is 94.4 Å². The van der Waals surface area contributed by atoms with Crippen molar-refractivity contribution in [1.29, 1.82) is 0 Å². The molecule has 0 radical (unpaired) electrons. The van der Waals surface area contributed by atoms with E-state index in [-0.39, 0.29) is 18.4 Å². The number of aryl methyl sites for hydroxylation is 1. The van der Waals surface area contributed by atoms with Crippen LogP contribution in [0.5, 0.6) is 5.75 Å². The molecule has 0 atom stereocenters. The third kappa shape index (κ3) is 6.65. The minimum absolute atomic E-state index is 0.121. The monoisotopic (exact) mass is 515 g/mol. The second-order valence-corrected chi connectivity index (χ2v) is 9.19. The average molecular weight is 516 g/mol. The van der Waals surface area contributed by atoms with Gasteiger partial charge in [0.1, 0.15) is 5.75 Å². The number of ether oxygens (including phenoxy) is 2. The predicted molar refractivity (Wildman–Crippen MR) is 145 cm³/mol. The van der Waals surface area contributed by atoms with Crippen molar-refractivity contribution >= 4 is 52.2 Å². The van der Waals surface area contributed by atoms with Gasteiger partial charge in [-0.2, -0.15) is 0 Å². The van der Waals surface area contributed by atoms with E-state index in [4.69, 9.17) is 9.47 Å². The number of hydrogen-bond donors (Lipinski definition) is 1. The molecule has 2 amide bonds. The van der Waals surface area contributed by atoms with Crippen molar-refractivity contribution in [3.8, 4) is 5.75 Å². The number of anilines is 1. The minimum Gasteiger partial charge on any atom is -0.484 e. The van der Waals surface area contributed by atoms with Crippen molar-refractivity contribution in [1.82, 2.24) is 4.90 Å². The number of aliphatic imine (C=N–C) groups is 1. The third-order valence-electron chi connectivity index (χ3n) is 5.38. The zero-order valence-electron chi connectivity index (χ0n) is 20.6. The lowest BCUT2D eigenvalue weighted by atomic mass is 10.2. The van der Waals surface area contributed by atoms with E-state index < -0.39 is 5.97 Å². The largest absolute Gasteiger partial charge is 0.484 e. The van der Waals surface area contributed by atoms with E-state index in [1.807, 2.05) is 43.3 Å². The fourth-order valence-corrected chi connectivity index (χ4v) is 4.36. The van der Waals surface area contributed by atoms with Gasteiger partial charge in [0.2, 0.25) is 0 Å². The van der Waals surface area contributed by atoms with Crippen LogP contribution in [0.4, 0.5) is 11.4 Å². The highest BCUT2D eigenvalue weighted by atomic mass is 32.2.